The van der Waals surface area contributed by atoms with Gasteiger partial charge < -0.3 is 9.84 Å². The first kappa shape index (κ1) is 18.0. The van der Waals surface area contributed by atoms with Crippen LogP contribution in [-0.2, 0) is 22.7 Å². The van der Waals surface area contributed by atoms with Crippen LogP contribution in [0.3, 0.4) is 0 Å². The second-order valence-corrected chi connectivity index (χ2v) is 6.38. The Morgan fingerprint density at radius 3 is 2.64 bits per heavy atom. The Labute approximate surface area is 162 Å². The van der Waals surface area contributed by atoms with Crippen LogP contribution < -0.4 is 5.56 Å². The minimum atomic E-state index is -1.16. The summed E-state index contributed by atoms with van der Waals surface area (Å²) in [5.41, 5.74) is 1.95. The lowest BCUT2D eigenvalue weighted by Crippen LogP contribution is -2.26. The van der Waals surface area contributed by atoms with Gasteiger partial charge in [-0.3, -0.25) is 14.2 Å². The molecule has 11 heteroatoms. The molecule has 1 aromatic carbocycles. The van der Waals surface area contributed by atoms with Crippen LogP contribution in [0.25, 0.3) is 27.9 Å². The first-order chi connectivity index (χ1) is 13.5. The Hall–Kier alpha value is -3.37. The Morgan fingerprint density at radius 1 is 1.21 bits per heavy atom. The fourth-order valence-corrected chi connectivity index (χ4v) is 3.04. The number of hydrogen-bond donors (Lipinski definition) is 1. The first-order valence-corrected chi connectivity index (χ1v) is 8.47. The molecule has 0 aliphatic heterocycles. The molecule has 142 valence electrons. The van der Waals surface area contributed by atoms with Crippen LogP contribution in [0.5, 0.6) is 0 Å². The molecule has 0 bridgehead atoms. The minimum Gasteiger partial charge on any atom is -0.480 e. The molecule has 1 N–H and O–H groups in total. The van der Waals surface area contributed by atoms with Crippen LogP contribution >= 0.6 is 11.6 Å². The van der Waals surface area contributed by atoms with Crippen molar-refractivity contribution in [2.45, 2.75) is 13.2 Å². The van der Waals surface area contributed by atoms with E-state index < -0.39 is 18.1 Å². The molecule has 0 aliphatic rings. The molecule has 0 atom stereocenters. The van der Waals surface area contributed by atoms with Gasteiger partial charge in [0.1, 0.15) is 12.9 Å². The van der Waals surface area contributed by atoms with Crippen LogP contribution in [-0.4, -0.2) is 47.5 Å². The van der Waals surface area contributed by atoms with Crippen molar-refractivity contribution in [3.05, 3.63) is 51.7 Å². The van der Waals surface area contributed by atoms with Crippen LogP contribution in [0.1, 0.15) is 5.69 Å². The Balaban J connectivity index is 2.00. The van der Waals surface area contributed by atoms with E-state index in [2.05, 4.69) is 20.3 Å². The van der Waals surface area contributed by atoms with Gasteiger partial charge in [0.05, 0.1) is 17.9 Å². The molecule has 4 aromatic rings. The van der Waals surface area contributed by atoms with Crippen molar-refractivity contribution >= 4 is 34.4 Å². The van der Waals surface area contributed by atoms with Gasteiger partial charge in [-0.05, 0) is 17.7 Å². The number of methoxy groups -OCH3 is 1. The molecule has 3 heterocycles. The van der Waals surface area contributed by atoms with Crippen LogP contribution in [0, 0.1) is 0 Å². The number of fused-ring (bicyclic) bond motifs is 3. The van der Waals surface area contributed by atoms with Crippen LogP contribution in [0.2, 0.25) is 5.02 Å². The largest absolute Gasteiger partial charge is 0.480 e. The molecule has 0 spiro atoms. The molecule has 0 saturated heterocycles. The first-order valence-electron chi connectivity index (χ1n) is 8.09. The average molecular weight is 401 g/mol. The zero-order valence-electron chi connectivity index (χ0n) is 14.5. The van der Waals surface area contributed by atoms with Crippen molar-refractivity contribution in [3.8, 4) is 11.1 Å². The van der Waals surface area contributed by atoms with Crippen LogP contribution in [0.15, 0.2) is 35.4 Å². The highest BCUT2D eigenvalue weighted by molar-refractivity contribution is 6.30. The molecule has 10 nitrogen and oxygen atoms in total. The van der Waals surface area contributed by atoms with E-state index in [9.17, 15) is 9.59 Å². The highest BCUT2D eigenvalue weighted by Crippen LogP contribution is 2.29. The normalized spacial score (nSPS) is 11.4. The van der Waals surface area contributed by atoms with E-state index >= 15 is 0 Å². The lowest BCUT2D eigenvalue weighted by atomic mass is 10.1. The highest BCUT2D eigenvalue weighted by atomic mass is 35.5. The van der Waals surface area contributed by atoms with Gasteiger partial charge in [-0.1, -0.05) is 23.7 Å². The number of carboxylic acids is 1. The van der Waals surface area contributed by atoms with Crippen molar-refractivity contribution in [2.24, 2.45) is 0 Å². The Morgan fingerprint density at radius 2 is 1.96 bits per heavy atom. The molecule has 28 heavy (non-hydrogen) atoms. The molecule has 0 aliphatic carbocycles. The quantitative estimate of drug-likeness (QED) is 0.532. The molecule has 3 aromatic heterocycles. The number of nitrogens with zero attached hydrogens (tertiary/aromatic N) is 6. The van der Waals surface area contributed by atoms with Crippen molar-refractivity contribution in [1.29, 1.82) is 0 Å². The summed E-state index contributed by atoms with van der Waals surface area (Å²) in [6.45, 7) is -0.315. The maximum absolute atomic E-state index is 12.5. The zero-order valence-corrected chi connectivity index (χ0v) is 15.3. The number of carbonyl (C=O) groups is 1. The van der Waals surface area contributed by atoms with Crippen molar-refractivity contribution in [3.63, 3.8) is 0 Å². The van der Waals surface area contributed by atoms with Gasteiger partial charge in [-0.15, -0.1) is 10.2 Å². The second-order valence-electron chi connectivity index (χ2n) is 5.94. The SMILES string of the molecule is COCc1nn2c(nnc3c(=O)n(CC(=O)O)cnc32)c1-c1ccc(Cl)cc1. The fraction of sp³-hybridized carbons (Fsp3) is 0.176. The zero-order chi connectivity index (χ0) is 19.8. The number of aromatic nitrogens is 6. The predicted molar refractivity (Wildman–Crippen MR) is 99.1 cm³/mol. The van der Waals surface area contributed by atoms with Gasteiger partial charge in [-0.2, -0.15) is 9.61 Å². The molecule has 0 fully saturated rings. The Bertz CT molecular complexity index is 1260. The van der Waals surface area contributed by atoms with E-state index in [-0.39, 0.29) is 17.8 Å². The molecule has 4 rings (SSSR count). The third-order valence-corrected chi connectivity index (χ3v) is 4.35. The molecule has 0 unspecified atom stereocenters. The number of aliphatic carboxylic acids is 1. The summed E-state index contributed by atoms with van der Waals surface area (Å²) in [5, 5.41) is 22.1. The van der Waals surface area contributed by atoms with Gasteiger partial charge in [0.15, 0.2) is 16.8 Å². The maximum atomic E-state index is 12.5. The molecule has 0 radical (unpaired) electrons. The summed E-state index contributed by atoms with van der Waals surface area (Å²) >= 11 is 5.98. The van der Waals surface area contributed by atoms with E-state index in [0.29, 0.717) is 21.9 Å². The minimum absolute atomic E-state index is 0.0784. The number of hydrogen-bond acceptors (Lipinski definition) is 7. The third kappa shape index (κ3) is 2.98. The molecule has 0 amide bonds. The predicted octanol–water partition coefficient (Wildman–Crippen LogP) is 1.39. The van der Waals surface area contributed by atoms with E-state index in [1.165, 1.54) is 4.52 Å². The summed E-state index contributed by atoms with van der Waals surface area (Å²) in [4.78, 5) is 27.6. The number of halogens is 1. The van der Waals surface area contributed by atoms with Gasteiger partial charge in [0.2, 0.25) is 0 Å². The van der Waals surface area contributed by atoms with Gasteiger partial charge in [0.25, 0.3) is 5.56 Å². The number of ether oxygens (including phenoxy) is 1. The van der Waals surface area contributed by atoms with Crippen LogP contribution in [0.4, 0.5) is 0 Å². The van der Waals surface area contributed by atoms with E-state index in [0.717, 1.165) is 16.5 Å². The molecular formula is C17H13ClN6O4. The van der Waals surface area contributed by atoms with Gasteiger partial charge in [-0.25, -0.2) is 4.98 Å². The maximum Gasteiger partial charge on any atom is 0.323 e. The topological polar surface area (TPSA) is 124 Å². The summed E-state index contributed by atoms with van der Waals surface area (Å²) in [6, 6.07) is 7.13. The average Bonchev–Trinajstić information content (AvgIpc) is 3.03. The lowest BCUT2D eigenvalue weighted by molar-refractivity contribution is -0.137. The van der Waals surface area contributed by atoms with Crippen molar-refractivity contribution < 1.29 is 14.6 Å². The number of carboxylic acid groups (broad SMARTS) is 1. The highest BCUT2D eigenvalue weighted by Gasteiger charge is 2.20. The summed E-state index contributed by atoms with van der Waals surface area (Å²) < 4.78 is 7.60. The third-order valence-electron chi connectivity index (χ3n) is 4.09. The fourth-order valence-electron chi connectivity index (χ4n) is 2.91. The van der Waals surface area contributed by atoms with Crippen molar-refractivity contribution in [1.82, 2.24) is 29.4 Å². The molecular weight excluding hydrogens is 388 g/mol. The number of benzene rings is 1. The monoisotopic (exact) mass is 400 g/mol. The second kappa shape index (κ2) is 6.98. The summed E-state index contributed by atoms with van der Waals surface area (Å²) in [7, 11) is 1.54. The van der Waals surface area contributed by atoms with Crippen molar-refractivity contribution in [2.75, 3.05) is 7.11 Å². The summed E-state index contributed by atoms with van der Waals surface area (Å²) in [6.07, 6.45) is 1.15. The Kier molecular flexibility index (Phi) is 4.49. The van der Waals surface area contributed by atoms with E-state index in [1.54, 1.807) is 19.2 Å². The standard InChI is InChI=1S/C17H13ClN6O4/c1-28-7-11-13(9-2-4-10(18)5-3-9)15-21-20-14-16(24(15)22-11)19-8-23(17(14)27)6-12(25)26/h2-5,8H,6-7H2,1H3,(H,25,26). The van der Waals surface area contributed by atoms with Gasteiger partial charge >= 0.3 is 5.97 Å². The van der Waals surface area contributed by atoms with E-state index in [4.69, 9.17) is 21.4 Å². The van der Waals surface area contributed by atoms with E-state index in [1.807, 2.05) is 12.1 Å². The number of rotatable bonds is 5. The lowest BCUT2D eigenvalue weighted by Gasteiger charge is -2.04. The van der Waals surface area contributed by atoms with Gasteiger partial charge in [0, 0.05) is 12.1 Å². The summed E-state index contributed by atoms with van der Waals surface area (Å²) in [5.74, 6) is -1.16. The smallest absolute Gasteiger partial charge is 0.323 e. The molecule has 0 saturated carbocycles.